The number of nitrogens with one attached hydrogen (secondary N) is 2. The van der Waals surface area contributed by atoms with Crippen molar-refractivity contribution in [1.29, 1.82) is 0 Å². The molecule has 1 aliphatic heterocycles. The Morgan fingerprint density at radius 2 is 1.90 bits per heavy atom. The number of rotatable bonds is 4. The Bertz CT molecular complexity index is 1260. The zero-order chi connectivity index (χ0) is 21.4. The van der Waals surface area contributed by atoms with Crippen LogP contribution >= 0.6 is 23.4 Å². The van der Waals surface area contributed by atoms with Gasteiger partial charge >= 0.3 is 0 Å². The van der Waals surface area contributed by atoms with Gasteiger partial charge in [-0.25, -0.2) is 4.98 Å². The number of benzene rings is 1. The molecule has 156 valence electrons. The van der Waals surface area contributed by atoms with Crippen LogP contribution in [0.5, 0.6) is 0 Å². The van der Waals surface area contributed by atoms with Crippen molar-refractivity contribution < 1.29 is 4.79 Å². The maximum absolute atomic E-state index is 13.2. The molecule has 0 fully saturated rings. The molecule has 0 saturated heterocycles. The van der Waals surface area contributed by atoms with Crippen molar-refractivity contribution >= 4 is 35.0 Å². The van der Waals surface area contributed by atoms with Crippen LogP contribution in [0.1, 0.15) is 41.9 Å². The molecule has 1 aliphatic carbocycles. The second-order valence-corrected chi connectivity index (χ2v) is 8.89. The number of aromatic amines is 1. The first-order chi connectivity index (χ1) is 15.1. The molecule has 2 aliphatic rings. The van der Waals surface area contributed by atoms with E-state index in [1.165, 1.54) is 11.8 Å². The fourth-order valence-corrected chi connectivity index (χ4v) is 5.31. The fourth-order valence-electron chi connectivity index (χ4n) is 4.16. The van der Waals surface area contributed by atoms with Crippen LogP contribution in [-0.2, 0) is 10.5 Å². The average molecular weight is 451 g/mol. The van der Waals surface area contributed by atoms with Gasteiger partial charge in [0.1, 0.15) is 5.82 Å². The first kappa shape index (κ1) is 20.0. The number of carbonyl (C=O) groups is 1. The predicted molar refractivity (Wildman–Crippen MR) is 121 cm³/mol. The number of hydrogen-bond acceptors (Lipinski definition) is 6. The monoisotopic (exact) mass is 450 g/mol. The van der Waals surface area contributed by atoms with E-state index in [2.05, 4.69) is 15.3 Å². The van der Waals surface area contributed by atoms with Crippen LogP contribution in [-0.4, -0.2) is 20.7 Å². The Hall–Kier alpha value is -2.90. The van der Waals surface area contributed by atoms with Gasteiger partial charge in [-0.15, -0.1) is 0 Å². The fraction of sp³-hybridized carbons (Fsp3) is 0.217. The van der Waals surface area contributed by atoms with Gasteiger partial charge in [-0.3, -0.25) is 14.6 Å². The minimum Gasteiger partial charge on any atom is -0.343 e. The molecule has 2 N–H and O–H groups in total. The number of halogens is 1. The molecule has 0 radical (unpaired) electrons. The number of ketones is 1. The van der Waals surface area contributed by atoms with E-state index in [9.17, 15) is 9.59 Å². The number of carbonyl (C=O) groups excluding carboxylic acids is 1. The number of thioether (sulfide) groups is 1. The van der Waals surface area contributed by atoms with E-state index in [0.29, 0.717) is 39.3 Å². The number of fused-ring (bicyclic) bond motifs is 1. The summed E-state index contributed by atoms with van der Waals surface area (Å²) in [4.78, 5) is 37.7. The number of aromatic nitrogens is 3. The molecule has 8 heteroatoms. The summed E-state index contributed by atoms with van der Waals surface area (Å²) < 4.78 is 0. The predicted octanol–water partition coefficient (Wildman–Crippen LogP) is 4.68. The highest BCUT2D eigenvalue weighted by atomic mass is 35.5. The highest BCUT2D eigenvalue weighted by Crippen LogP contribution is 2.43. The molecule has 3 aromatic rings. The van der Waals surface area contributed by atoms with Crippen LogP contribution in [0.15, 0.2) is 70.0 Å². The van der Waals surface area contributed by atoms with Gasteiger partial charge in [0.2, 0.25) is 0 Å². The van der Waals surface area contributed by atoms with Crippen molar-refractivity contribution in [2.45, 2.75) is 36.1 Å². The van der Waals surface area contributed by atoms with E-state index >= 15 is 0 Å². The van der Waals surface area contributed by atoms with Gasteiger partial charge in [0.05, 0.1) is 5.56 Å². The molecule has 0 spiro atoms. The van der Waals surface area contributed by atoms with Crippen molar-refractivity contribution in [3.8, 4) is 0 Å². The van der Waals surface area contributed by atoms with Crippen molar-refractivity contribution in [3.05, 3.63) is 92.1 Å². The van der Waals surface area contributed by atoms with Crippen LogP contribution in [0.25, 0.3) is 0 Å². The molecule has 5 rings (SSSR count). The lowest BCUT2D eigenvalue weighted by Gasteiger charge is -2.32. The first-order valence-electron chi connectivity index (χ1n) is 10.1. The second kappa shape index (κ2) is 8.32. The van der Waals surface area contributed by atoms with E-state index in [4.69, 9.17) is 16.6 Å². The summed E-state index contributed by atoms with van der Waals surface area (Å²) in [5.41, 5.74) is 3.61. The van der Waals surface area contributed by atoms with E-state index in [0.717, 1.165) is 29.7 Å². The zero-order valence-electron chi connectivity index (χ0n) is 16.5. The summed E-state index contributed by atoms with van der Waals surface area (Å²) in [5.74, 6) is 0.737. The van der Waals surface area contributed by atoms with Gasteiger partial charge in [0, 0.05) is 46.8 Å². The molecule has 0 amide bonds. The maximum atomic E-state index is 13.2. The Labute approximate surface area is 188 Å². The van der Waals surface area contributed by atoms with E-state index in [1.807, 2.05) is 36.4 Å². The summed E-state index contributed by atoms with van der Waals surface area (Å²) in [6.45, 7) is 0. The number of H-pyrrole nitrogens is 1. The summed E-state index contributed by atoms with van der Waals surface area (Å²) in [6.07, 6.45) is 5.41. The quantitative estimate of drug-likeness (QED) is 0.443. The van der Waals surface area contributed by atoms with Gasteiger partial charge < -0.3 is 10.3 Å². The first-order valence-corrected chi connectivity index (χ1v) is 11.4. The summed E-state index contributed by atoms with van der Waals surface area (Å²) in [5, 5.41) is 4.48. The van der Waals surface area contributed by atoms with Crippen LogP contribution in [0, 0.1) is 0 Å². The van der Waals surface area contributed by atoms with Crippen molar-refractivity contribution in [2.75, 3.05) is 5.32 Å². The average Bonchev–Trinajstić information content (AvgIpc) is 2.78. The standard InChI is InChI=1S/C23H19ClN4O2S/c24-15-5-2-1-4-14(15)12-31-23-27-21-20(22(30)28-23)18(13-8-10-25-11-9-13)19-16(26-21)6-3-7-17(19)29/h1-2,4-5,8-11,18H,3,6-7,12H2,(H2,26,27,28,30). The van der Waals surface area contributed by atoms with Crippen molar-refractivity contribution in [1.82, 2.24) is 15.0 Å². The smallest absolute Gasteiger partial charge is 0.257 e. The Morgan fingerprint density at radius 3 is 2.71 bits per heavy atom. The van der Waals surface area contributed by atoms with Crippen molar-refractivity contribution in [2.24, 2.45) is 0 Å². The van der Waals surface area contributed by atoms with Gasteiger partial charge in [0.25, 0.3) is 5.56 Å². The molecular weight excluding hydrogens is 432 g/mol. The molecule has 0 bridgehead atoms. The number of Topliss-reactive ketones (excluding diaryl/α,β-unsaturated/α-hetero) is 1. The van der Waals surface area contributed by atoms with Gasteiger partial charge in [-0.2, -0.15) is 0 Å². The molecule has 6 nitrogen and oxygen atoms in total. The van der Waals surface area contributed by atoms with E-state index in [-0.39, 0.29) is 11.3 Å². The largest absolute Gasteiger partial charge is 0.343 e. The van der Waals surface area contributed by atoms with E-state index in [1.54, 1.807) is 12.4 Å². The molecule has 1 atom stereocenters. The summed E-state index contributed by atoms with van der Waals surface area (Å²) >= 11 is 7.67. The third-order valence-electron chi connectivity index (χ3n) is 5.60. The second-order valence-electron chi connectivity index (χ2n) is 7.52. The normalized spacial score (nSPS) is 17.7. The summed E-state index contributed by atoms with van der Waals surface area (Å²) in [7, 11) is 0. The van der Waals surface area contributed by atoms with Crippen LogP contribution in [0.2, 0.25) is 5.02 Å². The number of hydrogen-bond donors (Lipinski definition) is 2. The molecule has 2 aromatic heterocycles. The van der Waals surface area contributed by atoms with Crippen LogP contribution in [0.4, 0.5) is 5.82 Å². The highest BCUT2D eigenvalue weighted by molar-refractivity contribution is 7.98. The summed E-state index contributed by atoms with van der Waals surface area (Å²) in [6, 6.07) is 11.3. The number of nitrogens with zero attached hydrogens (tertiary/aromatic N) is 2. The minimum absolute atomic E-state index is 0.0813. The molecule has 1 aromatic carbocycles. The van der Waals surface area contributed by atoms with Gasteiger partial charge in [-0.1, -0.05) is 41.6 Å². The molecular formula is C23H19ClN4O2S. The number of allylic oxidation sites excluding steroid dienone is 2. The highest BCUT2D eigenvalue weighted by Gasteiger charge is 2.37. The maximum Gasteiger partial charge on any atom is 0.257 e. The molecule has 3 heterocycles. The molecule has 0 saturated carbocycles. The third-order valence-corrected chi connectivity index (χ3v) is 6.89. The Kier molecular flexibility index (Phi) is 5.38. The van der Waals surface area contributed by atoms with Crippen molar-refractivity contribution in [3.63, 3.8) is 0 Å². The number of anilines is 1. The molecule has 31 heavy (non-hydrogen) atoms. The van der Waals surface area contributed by atoms with Crippen LogP contribution in [0.3, 0.4) is 0 Å². The van der Waals surface area contributed by atoms with Gasteiger partial charge in [-0.05, 0) is 42.2 Å². The topological polar surface area (TPSA) is 87.7 Å². The number of pyridine rings is 1. The zero-order valence-corrected chi connectivity index (χ0v) is 18.1. The minimum atomic E-state index is -0.444. The lowest BCUT2D eigenvalue weighted by atomic mass is 9.77. The Balaban J connectivity index is 1.56. The SMILES string of the molecule is O=C1CCCC2=C1C(c1ccncc1)c1c(nc(SCc3ccccc3Cl)[nH]c1=O)N2. The van der Waals surface area contributed by atoms with Crippen LogP contribution < -0.4 is 10.9 Å². The lowest BCUT2D eigenvalue weighted by Crippen LogP contribution is -2.32. The Morgan fingerprint density at radius 1 is 1.10 bits per heavy atom. The van der Waals surface area contributed by atoms with Gasteiger partial charge in [0.15, 0.2) is 10.9 Å². The third kappa shape index (κ3) is 3.79. The molecule has 1 unspecified atom stereocenters. The van der Waals surface area contributed by atoms with E-state index < -0.39 is 5.92 Å². The lowest BCUT2D eigenvalue weighted by molar-refractivity contribution is -0.116.